The van der Waals surface area contributed by atoms with Gasteiger partial charge in [0.15, 0.2) is 5.65 Å². The Bertz CT molecular complexity index is 1760. The Morgan fingerprint density at radius 3 is 2.54 bits per heavy atom. The Balaban J connectivity index is 0.00000165. The van der Waals surface area contributed by atoms with Gasteiger partial charge >= 0.3 is 0 Å². The molecule has 0 aliphatic rings. The molecule has 5 heterocycles. The van der Waals surface area contributed by atoms with E-state index in [1.807, 2.05) is 44.6 Å². The van der Waals surface area contributed by atoms with E-state index in [4.69, 9.17) is 0 Å². The molecule has 0 unspecified atom stereocenters. The first kappa shape index (κ1) is 28.0. The maximum absolute atomic E-state index is 4.65. The summed E-state index contributed by atoms with van der Waals surface area (Å²) in [5, 5.41) is 14.2. The highest BCUT2D eigenvalue weighted by atomic mass is 32.1. The molecule has 0 saturated carbocycles. The molecule has 7 heteroatoms. The number of benzene rings is 1. The van der Waals surface area contributed by atoms with Gasteiger partial charge < -0.3 is 10.3 Å². The fraction of sp³-hybridized carbons (Fsp3) is 0.147. The normalized spacial score (nSPS) is 11.3. The van der Waals surface area contributed by atoms with Gasteiger partial charge in [-0.25, -0.2) is 4.98 Å². The van der Waals surface area contributed by atoms with E-state index in [1.165, 1.54) is 10.4 Å². The molecule has 0 aliphatic carbocycles. The van der Waals surface area contributed by atoms with E-state index in [9.17, 15) is 0 Å². The van der Waals surface area contributed by atoms with Crippen LogP contribution in [0.15, 0.2) is 103 Å². The predicted molar refractivity (Wildman–Crippen MR) is 172 cm³/mol. The quantitative estimate of drug-likeness (QED) is 0.156. The standard InChI is InChI=1S/C32H28N6S.C2H6/c1-3-8-26(30-11-7-12-39-30)27-15-29(36-21(27)2)31-28-14-25(20-35-32(28)38-37-31)24-13-23(18-34-19-24)17-33-16-22-9-5-4-6-10-22;1-2/h3-15,18-20,33,36H,1,16-17H2,2H3,(H,35,37,38);1-2H3/b26-8+;. The minimum absolute atomic E-state index is 0.677. The van der Waals surface area contributed by atoms with Crippen molar-refractivity contribution >= 4 is 27.9 Å². The van der Waals surface area contributed by atoms with Crippen molar-refractivity contribution in [3.8, 4) is 22.5 Å². The van der Waals surface area contributed by atoms with Crippen LogP contribution in [0.5, 0.6) is 0 Å². The minimum Gasteiger partial charge on any atom is -0.357 e. The van der Waals surface area contributed by atoms with E-state index < -0.39 is 0 Å². The summed E-state index contributed by atoms with van der Waals surface area (Å²) >= 11 is 1.72. The summed E-state index contributed by atoms with van der Waals surface area (Å²) in [6.45, 7) is 11.6. The number of rotatable bonds is 9. The number of hydrogen-bond acceptors (Lipinski definition) is 5. The highest BCUT2D eigenvalue weighted by Crippen LogP contribution is 2.35. The number of fused-ring (bicyclic) bond motifs is 1. The van der Waals surface area contributed by atoms with Crippen LogP contribution < -0.4 is 5.32 Å². The van der Waals surface area contributed by atoms with Crippen molar-refractivity contribution in [1.29, 1.82) is 0 Å². The number of nitrogens with zero attached hydrogens (tertiary/aromatic N) is 3. The zero-order valence-corrected chi connectivity index (χ0v) is 24.4. The molecule has 0 atom stereocenters. The Hall–Kier alpha value is -4.59. The third-order valence-electron chi connectivity index (χ3n) is 6.68. The van der Waals surface area contributed by atoms with Gasteiger partial charge in [0.2, 0.25) is 0 Å². The molecule has 6 rings (SSSR count). The highest BCUT2D eigenvalue weighted by molar-refractivity contribution is 7.11. The first-order valence-electron chi connectivity index (χ1n) is 13.8. The van der Waals surface area contributed by atoms with Crippen LogP contribution in [0, 0.1) is 6.92 Å². The fourth-order valence-corrected chi connectivity index (χ4v) is 5.54. The van der Waals surface area contributed by atoms with Crippen LogP contribution in [0.4, 0.5) is 0 Å². The molecule has 41 heavy (non-hydrogen) atoms. The minimum atomic E-state index is 0.677. The summed E-state index contributed by atoms with van der Waals surface area (Å²) in [5.41, 5.74) is 10.3. The smallest absolute Gasteiger partial charge is 0.181 e. The summed E-state index contributed by atoms with van der Waals surface area (Å²) in [5.74, 6) is 0. The lowest BCUT2D eigenvalue weighted by Crippen LogP contribution is -2.12. The Morgan fingerprint density at radius 2 is 1.76 bits per heavy atom. The van der Waals surface area contributed by atoms with E-state index in [-0.39, 0.29) is 0 Å². The van der Waals surface area contributed by atoms with Crippen LogP contribution in [0.1, 0.15) is 41.1 Å². The van der Waals surface area contributed by atoms with Crippen molar-refractivity contribution < 1.29 is 0 Å². The first-order valence-corrected chi connectivity index (χ1v) is 14.7. The van der Waals surface area contributed by atoms with E-state index in [2.05, 4.69) is 110 Å². The number of aryl methyl sites for hydroxylation is 1. The number of aromatic amines is 2. The van der Waals surface area contributed by atoms with Gasteiger partial charge in [-0.1, -0.05) is 69.0 Å². The molecule has 0 spiro atoms. The number of nitrogens with one attached hydrogen (secondary N) is 3. The second-order valence-electron chi connectivity index (χ2n) is 9.38. The molecular weight excluding hydrogens is 524 g/mol. The summed E-state index contributed by atoms with van der Waals surface area (Å²) in [6, 6.07) is 21.1. The van der Waals surface area contributed by atoms with Crippen LogP contribution in [-0.4, -0.2) is 25.1 Å². The molecule has 6 aromatic rings. The molecule has 5 aromatic heterocycles. The van der Waals surface area contributed by atoms with E-state index in [0.717, 1.165) is 63.4 Å². The number of allylic oxidation sites excluding steroid dienone is 2. The lowest BCUT2D eigenvalue weighted by atomic mass is 10.0. The zero-order chi connectivity index (χ0) is 28.6. The second kappa shape index (κ2) is 13.2. The van der Waals surface area contributed by atoms with Gasteiger partial charge in [0.25, 0.3) is 0 Å². The van der Waals surface area contributed by atoms with E-state index in [0.29, 0.717) is 5.65 Å². The third-order valence-corrected chi connectivity index (χ3v) is 7.59. The van der Waals surface area contributed by atoms with Crippen molar-refractivity contribution in [3.63, 3.8) is 0 Å². The van der Waals surface area contributed by atoms with Crippen LogP contribution in [-0.2, 0) is 13.1 Å². The fourth-order valence-electron chi connectivity index (χ4n) is 4.78. The molecule has 0 bridgehead atoms. The lowest BCUT2D eigenvalue weighted by Gasteiger charge is -2.07. The zero-order valence-electron chi connectivity index (χ0n) is 23.6. The molecule has 0 fully saturated rings. The molecule has 0 radical (unpaired) electrons. The number of pyridine rings is 2. The third kappa shape index (κ3) is 6.27. The van der Waals surface area contributed by atoms with Crippen molar-refractivity contribution in [2.75, 3.05) is 0 Å². The molecule has 3 N–H and O–H groups in total. The largest absolute Gasteiger partial charge is 0.357 e. The number of H-pyrrole nitrogens is 2. The van der Waals surface area contributed by atoms with Crippen LogP contribution in [0.25, 0.3) is 39.1 Å². The monoisotopic (exact) mass is 558 g/mol. The number of hydrogen-bond donors (Lipinski definition) is 3. The van der Waals surface area contributed by atoms with Crippen molar-refractivity contribution in [3.05, 3.63) is 131 Å². The van der Waals surface area contributed by atoms with Crippen molar-refractivity contribution in [2.24, 2.45) is 0 Å². The first-order chi connectivity index (χ1) is 20.2. The van der Waals surface area contributed by atoms with E-state index >= 15 is 0 Å². The van der Waals surface area contributed by atoms with Gasteiger partial charge in [0.1, 0.15) is 0 Å². The molecule has 6 nitrogen and oxygen atoms in total. The summed E-state index contributed by atoms with van der Waals surface area (Å²) < 4.78 is 0. The van der Waals surface area contributed by atoms with Crippen molar-refractivity contribution in [1.82, 2.24) is 30.5 Å². The van der Waals surface area contributed by atoms with Crippen LogP contribution in [0.2, 0.25) is 0 Å². The Kier molecular flexibility index (Phi) is 8.98. The highest BCUT2D eigenvalue weighted by Gasteiger charge is 2.17. The van der Waals surface area contributed by atoms with Gasteiger partial charge in [-0.3, -0.25) is 10.1 Å². The Labute approximate surface area is 244 Å². The topological polar surface area (TPSA) is 82.3 Å². The van der Waals surface area contributed by atoms with Crippen LogP contribution >= 0.6 is 11.3 Å². The summed E-state index contributed by atoms with van der Waals surface area (Å²) in [4.78, 5) is 13.9. The average molecular weight is 559 g/mol. The maximum atomic E-state index is 4.65. The number of aromatic nitrogens is 5. The van der Waals surface area contributed by atoms with Gasteiger partial charge in [-0.15, -0.1) is 11.3 Å². The molecule has 0 amide bonds. The predicted octanol–water partition coefficient (Wildman–Crippen LogP) is 8.32. The molecule has 0 aliphatic heterocycles. The second-order valence-corrected chi connectivity index (χ2v) is 10.3. The summed E-state index contributed by atoms with van der Waals surface area (Å²) in [6.07, 6.45) is 9.54. The number of thiophene rings is 1. The van der Waals surface area contributed by atoms with Gasteiger partial charge in [-0.2, -0.15) is 5.10 Å². The van der Waals surface area contributed by atoms with E-state index in [1.54, 1.807) is 11.3 Å². The lowest BCUT2D eigenvalue weighted by molar-refractivity contribution is 0.691. The van der Waals surface area contributed by atoms with Gasteiger partial charge in [-0.05, 0) is 47.7 Å². The Morgan fingerprint density at radius 1 is 0.951 bits per heavy atom. The molecule has 0 saturated heterocycles. The summed E-state index contributed by atoms with van der Waals surface area (Å²) in [7, 11) is 0. The molecule has 1 aromatic carbocycles. The van der Waals surface area contributed by atoms with Crippen LogP contribution in [0.3, 0.4) is 0 Å². The maximum Gasteiger partial charge on any atom is 0.181 e. The SMILES string of the molecule is C=C/C=C(/c1cccs1)c1cc(-c2[nH]nc3ncc(-c4cncc(CNCc5ccccc5)c4)cc23)[nH]c1C.CC. The van der Waals surface area contributed by atoms with Gasteiger partial charge in [0, 0.05) is 69.9 Å². The molecular formula is C34H34N6S. The molecule has 206 valence electrons. The van der Waals surface area contributed by atoms with Gasteiger partial charge in [0.05, 0.1) is 11.4 Å². The average Bonchev–Trinajstić information content (AvgIpc) is 3.78. The van der Waals surface area contributed by atoms with Crippen molar-refractivity contribution in [2.45, 2.75) is 33.9 Å².